The van der Waals surface area contributed by atoms with E-state index in [0.717, 1.165) is 11.3 Å². The molecule has 0 aromatic heterocycles. The van der Waals surface area contributed by atoms with Crippen molar-refractivity contribution < 1.29 is 18.7 Å². The standard InChI is InChI=1S/C18H18FNO3S/c1-22-14-7-8-15(16(11-14)23-2)17(21)20-9-10-24-18(20)12-3-5-13(19)6-4-12/h3-8,11,18H,9-10H2,1-2H3/t18-/m1/s1. The molecule has 0 spiro atoms. The second-order valence-electron chi connectivity index (χ2n) is 5.34. The molecule has 4 nitrogen and oxygen atoms in total. The average molecular weight is 347 g/mol. The third-order valence-electron chi connectivity index (χ3n) is 3.95. The van der Waals surface area contributed by atoms with Gasteiger partial charge < -0.3 is 14.4 Å². The normalized spacial score (nSPS) is 17.0. The van der Waals surface area contributed by atoms with Gasteiger partial charge in [-0.15, -0.1) is 11.8 Å². The van der Waals surface area contributed by atoms with Crippen molar-refractivity contribution in [1.82, 2.24) is 4.90 Å². The van der Waals surface area contributed by atoms with Crippen LogP contribution >= 0.6 is 11.8 Å². The van der Waals surface area contributed by atoms with Gasteiger partial charge in [-0.2, -0.15) is 0 Å². The first-order chi connectivity index (χ1) is 11.6. The van der Waals surface area contributed by atoms with Crippen molar-refractivity contribution in [1.29, 1.82) is 0 Å². The van der Waals surface area contributed by atoms with Crippen LogP contribution in [0.25, 0.3) is 0 Å². The van der Waals surface area contributed by atoms with Crippen LogP contribution in [0.3, 0.4) is 0 Å². The van der Waals surface area contributed by atoms with Crippen molar-refractivity contribution in [3.05, 3.63) is 59.4 Å². The van der Waals surface area contributed by atoms with E-state index in [1.165, 1.54) is 19.2 Å². The molecule has 1 aliphatic rings. The number of carbonyl (C=O) groups is 1. The molecule has 1 saturated heterocycles. The minimum absolute atomic E-state index is 0.103. The predicted octanol–water partition coefficient (Wildman–Crippen LogP) is 3.73. The SMILES string of the molecule is COc1ccc(C(=O)N2CCS[C@@H]2c2ccc(F)cc2)c(OC)c1. The quantitative estimate of drug-likeness (QED) is 0.845. The minimum Gasteiger partial charge on any atom is -0.497 e. The van der Waals surface area contributed by atoms with Gasteiger partial charge in [0, 0.05) is 18.4 Å². The maximum absolute atomic E-state index is 13.1. The topological polar surface area (TPSA) is 38.8 Å². The summed E-state index contributed by atoms with van der Waals surface area (Å²) in [5, 5.41) is -0.120. The second-order valence-corrected chi connectivity index (χ2v) is 6.53. The fraction of sp³-hybridized carbons (Fsp3) is 0.278. The number of methoxy groups -OCH3 is 2. The van der Waals surface area contributed by atoms with E-state index in [9.17, 15) is 9.18 Å². The Morgan fingerprint density at radius 1 is 1.17 bits per heavy atom. The van der Waals surface area contributed by atoms with E-state index in [1.54, 1.807) is 54.1 Å². The molecule has 126 valence electrons. The highest BCUT2D eigenvalue weighted by Crippen LogP contribution is 2.39. The first kappa shape index (κ1) is 16.6. The summed E-state index contributed by atoms with van der Waals surface area (Å²) in [6.45, 7) is 0.640. The molecule has 2 aromatic rings. The van der Waals surface area contributed by atoms with Gasteiger partial charge in [-0.05, 0) is 29.8 Å². The average Bonchev–Trinajstić information content (AvgIpc) is 3.10. The monoisotopic (exact) mass is 347 g/mol. The summed E-state index contributed by atoms with van der Waals surface area (Å²) < 4.78 is 23.7. The van der Waals surface area contributed by atoms with Gasteiger partial charge in [0.15, 0.2) is 0 Å². The van der Waals surface area contributed by atoms with E-state index in [4.69, 9.17) is 9.47 Å². The zero-order valence-corrected chi connectivity index (χ0v) is 14.3. The Labute approximate surface area is 144 Å². The smallest absolute Gasteiger partial charge is 0.258 e. The lowest BCUT2D eigenvalue weighted by Crippen LogP contribution is -2.30. The summed E-state index contributed by atoms with van der Waals surface area (Å²) in [6, 6.07) is 11.4. The van der Waals surface area contributed by atoms with E-state index in [2.05, 4.69) is 0 Å². The van der Waals surface area contributed by atoms with Gasteiger partial charge in [0.2, 0.25) is 0 Å². The number of hydrogen-bond acceptors (Lipinski definition) is 4. The summed E-state index contributed by atoms with van der Waals surface area (Å²) in [7, 11) is 3.10. The fourth-order valence-electron chi connectivity index (χ4n) is 2.71. The Morgan fingerprint density at radius 2 is 1.92 bits per heavy atom. The molecular formula is C18H18FNO3S. The Bertz CT molecular complexity index is 736. The maximum atomic E-state index is 13.1. The molecule has 0 bridgehead atoms. The van der Waals surface area contributed by atoms with Crippen molar-refractivity contribution in [3.8, 4) is 11.5 Å². The molecule has 1 aliphatic heterocycles. The van der Waals surface area contributed by atoms with Crippen molar-refractivity contribution >= 4 is 17.7 Å². The van der Waals surface area contributed by atoms with Gasteiger partial charge in [0.05, 0.1) is 19.8 Å². The number of ether oxygens (including phenoxy) is 2. The Balaban J connectivity index is 1.90. The Hall–Kier alpha value is -2.21. The van der Waals surface area contributed by atoms with E-state index in [0.29, 0.717) is 23.6 Å². The van der Waals surface area contributed by atoms with Crippen LogP contribution in [0.2, 0.25) is 0 Å². The molecule has 0 radical (unpaired) electrons. The van der Waals surface area contributed by atoms with Crippen LogP contribution in [0, 0.1) is 5.82 Å². The predicted molar refractivity (Wildman–Crippen MR) is 92.2 cm³/mol. The van der Waals surface area contributed by atoms with Gasteiger partial charge >= 0.3 is 0 Å². The molecule has 0 N–H and O–H groups in total. The van der Waals surface area contributed by atoms with Crippen molar-refractivity contribution in [2.75, 3.05) is 26.5 Å². The number of hydrogen-bond donors (Lipinski definition) is 0. The highest BCUT2D eigenvalue weighted by molar-refractivity contribution is 7.99. The van der Waals surface area contributed by atoms with Gasteiger partial charge in [-0.1, -0.05) is 12.1 Å². The molecule has 1 amide bonds. The second kappa shape index (κ2) is 7.13. The van der Waals surface area contributed by atoms with E-state index in [1.807, 2.05) is 0 Å². The van der Waals surface area contributed by atoms with Crippen LogP contribution in [0.5, 0.6) is 11.5 Å². The molecule has 6 heteroatoms. The summed E-state index contributed by atoms with van der Waals surface area (Å²) in [5.74, 6) is 1.57. The molecule has 0 aliphatic carbocycles. The zero-order valence-electron chi connectivity index (χ0n) is 13.5. The van der Waals surface area contributed by atoms with Gasteiger partial charge in [0.25, 0.3) is 5.91 Å². The number of rotatable bonds is 4. The van der Waals surface area contributed by atoms with Crippen LogP contribution in [-0.2, 0) is 0 Å². The first-order valence-corrected chi connectivity index (χ1v) is 8.59. The summed E-state index contributed by atoms with van der Waals surface area (Å²) in [4.78, 5) is 14.8. The van der Waals surface area contributed by atoms with Crippen LogP contribution in [0.4, 0.5) is 4.39 Å². The van der Waals surface area contributed by atoms with E-state index >= 15 is 0 Å². The lowest BCUT2D eigenvalue weighted by atomic mass is 10.1. The Kier molecular flexibility index (Phi) is 4.94. The van der Waals surface area contributed by atoms with Crippen LogP contribution in [0.15, 0.2) is 42.5 Å². The molecular weight excluding hydrogens is 329 g/mol. The highest BCUT2D eigenvalue weighted by Gasteiger charge is 2.32. The number of thioether (sulfide) groups is 1. The van der Waals surface area contributed by atoms with Gasteiger partial charge in [-0.3, -0.25) is 4.79 Å². The molecule has 3 rings (SSSR count). The third-order valence-corrected chi connectivity index (χ3v) is 5.21. The zero-order chi connectivity index (χ0) is 17.1. The summed E-state index contributed by atoms with van der Waals surface area (Å²) in [6.07, 6.45) is 0. The van der Waals surface area contributed by atoms with E-state index < -0.39 is 0 Å². The van der Waals surface area contributed by atoms with Crippen molar-refractivity contribution in [3.63, 3.8) is 0 Å². The number of benzene rings is 2. The lowest BCUT2D eigenvalue weighted by molar-refractivity contribution is 0.0757. The number of nitrogens with zero attached hydrogens (tertiary/aromatic N) is 1. The molecule has 0 saturated carbocycles. The third kappa shape index (κ3) is 3.19. The largest absolute Gasteiger partial charge is 0.497 e. The maximum Gasteiger partial charge on any atom is 0.258 e. The van der Waals surface area contributed by atoms with E-state index in [-0.39, 0.29) is 17.1 Å². The minimum atomic E-state index is -0.281. The molecule has 1 fully saturated rings. The van der Waals surface area contributed by atoms with Crippen LogP contribution in [-0.4, -0.2) is 37.3 Å². The molecule has 24 heavy (non-hydrogen) atoms. The molecule has 2 aromatic carbocycles. The number of halogens is 1. The summed E-state index contributed by atoms with van der Waals surface area (Å²) in [5.41, 5.74) is 1.41. The molecule has 1 atom stereocenters. The summed E-state index contributed by atoms with van der Waals surface area (Å²) >= 11 is 1.67. The van der Waals surface area contributed by atoms with Crippen LogP contribution < -0.4 is 9.47 Å². The lowest BCUT2D eigenvalue weighted by Gasteiger charge is -2.25. The molecule has 0 unspecified atom stereocenters. The Morgan fingerprint density at radius 3 is 2.58 bits per heavy atom. The number of amides is 1. The van der Waals surface area contributed by atoms with Crippen molar-refractivity contribution in [2.24, 2.45) is 0 Å². The van der Waals surface area contributed by atoms with Crippen molar-refractivity contribution in [2.45, 2.75) is 5.37 Å². The molecule has 1 heterocycles. The first-order valence-electron chi connectivity index (χ1n) is 7.54. The van der Waals surface area contributed by atoms with Gasteiger partial charge in [-0.25, -0.2) is 4.39 Å². The van der Waals surface area contributed by atoms with Gasteiger partial charge in [0.1, 0.15) is 22.7 Å². The van der Waals surface area contributed by atoms with Crippen LogP contribution in [0.1, 0.15) is 21.3 Å². The highest BCUT2D eigenvalue weighted by atomic mass is 32.2. The fourth-order valence-corrected chi connectivity index (χ4v) is 3.97. The number of carbonyl (C=O) groups excluding carboxylic acids is 1.